The zero-order chi connectivity index (χ0) is 14.2. The fourth-order valence-corrected chi connectivity index (χ4v) is 2.27. The van der Waals surface area contributed by atoms with E-state index in [1.165, 1.54) is 0 Å². The number of anilines is 1. The summed E-state index contributed by atoms with van der Waals surface area (Å²) < 4.78 is 3.67. The summed E-state index contributed by atoms with van der Waals surface area (Å²) in [5.74, 6) is 1.62. The second kappa shape index (κ2) is 4.45. The minimum absolute atomic E-state index is 0.732. The first-order valence-electron chi connectivity index (χ1n) is 6.51. The minimum Gasteiger partial charge on any atom is -0.399 e. The number of hydrogen-bond donors (Lipinski definition) is 1. The average molecular weight is 276 g/mol. The molecule has 0 fully saturated rings. The highest BCUT2D eigenvalue weighted by atomic mass is 15.3. The van der Waals surface area contributed by atoms with E-state index in [0.717, 1.165) is 28.5 Å². The molecule has 0 spiro atoms. The topological polar surface area (TPSA) is 74.0 Å². The molecule has 0 radical (unpaired) electrons. The molecule has 0 bridgehead atoms. The molecule has 0 saturated heterocycles. The maximum Gasteiger partial charge on any atom is 0.157 e. The van der Waals surface area contributed by atoms with Crippen LogP contribution in [-0.4, -0.2) is 24.1 Å². The van der Waals surface area contributed by atoms with Gasteiger partial charge < -0.3 is 5.73 Å². The van der Waals surface area contributed by atoms with E-state index < -0.39 is 0 Å². The molecule has 0 atom stereocenters. The Morgan fingerprint density at radius 3 is 2.62 bits per heavy atom. The molecule has 0 aliphatic carbocycles. The lowest BCUT2D eigenvalue weighted by atomic mass is 10.2. The van der Waals surface area contributed by atoms with Gasteiger partial charge in [0, 0.05) is 35.9 Å². The molecule has 0 unspecified atom stereocenters. The highest BCUT2D eigenvalue weighted by molar-refractivity contribution is 5.61. The van der Waals surface area contributed by atoms with Crippen molar-refractivity contribution in [3.05, 3.63) is 61.2 Å². The third-order valence-electron chi connectivity index (χ3n) is 3.30. The molecular weight excluding hydrogens is 264 g/mol. The number of nitrogen functional groups attached to an aromatic ring is 1. The smallest absolute Gasteiger partial charge is 0.157 e. The second-order valence-corrected chi connectivity index (χ2v) is 4.66. The third-order valence-corrected chi connectivity index (χ3v) is 3.30. The average Bonchev–Trinajstić information content (AvgIpc) is 3.16. The number of nitrogens with zero attached hydrogens (tertiary/aromatic N) is 5. The van der Waals surface area contributed by atoms with Gasteiger partial charge in [-0.1, -0.05) is 0 Å². The van der Waals surface area contributed by atoms with E-state index in [9.17, 15) is 0 Å². The van der Waals surface area contributed by atoms with E-state index in [0.29, 0.717) is 0 Å². The highest BCUT2D eigenvalue weighted by Crippen LogP contribution is 2.21. The quantitative estimate of drug-likeness (QED) is 0.569. The monoisotopic (exact) mass is 276 g/mol. The van der Waals surface area contributed by atoms with Crippen molar-refractivity contribution in [3.8, 4) is 17.2 Å². The van der Waals surface area contributed by atoms with Crippen LogP contribution in [0.3, 0.4) is 0 Å². The first kappa shape index (κ1) is 11.7. The Balaban J connectivity index is 1.85. The van der Waals surface area contributed by atoms with Gasteiger partial charge in [0.1, 0.15) is 11.6 Å². The van der Waals surface area contributed by atoms with Crippen LogP contribution < -0.4 is 5.73 Å². The molecule has 6 nitrogen and oxygen atoms in total. The van der Waals surface area contributed by atoms with E-state index in [4.69, 9.17) is 5.73 Å². The van der Waals surface area contributed by atoms with Crippen LogP contribution in [0, 0.1) is 0 Å². The number of nitrogens with two attached hydrogens (primary N) is 1. The van der Waals surface area contributed by atoms with Crippen molar-refractivity contribution < 1.29 is 0 Å². The first-order chi connectivity index (χ1) is 10.3. The summed E-state index contributed by atoms with van der Waals surface area (Å²) in [4.78, 5) is 9.00. The lowest BCUT2D eigenvalue weighted by molar-refractivity contribution is 0.912. The van der Waals surface area contributed by atoms with Gasteiger partial charge in [-0.3, -0.25) is 4.57 Å². The summed E-state index contributed by atoms with van der Waals surface area (Å²) in [7, 11) is 0. The zero-order valence-electron chi connectivity index (χ0n) is 11.1. The van der Waals surface area contributed by atoms with E-state index in [1.54, 1.807) is 16.9 Å². The minimum atomic E-state index is 0.732. The molecule has 4 rings (SSSR count). The van der Waals surface area contributed by atoms with Crippen molar-refractivity contribution in [2.45, 2.75) is 0 Å². The van der Waals surface area contributed by atoms with Gasteiger partial charge in [-0.05, 0) is 30.3 Å². The van der Waals surface area contributed by atoms with Crippen molar-refractivity contribution >= 4 is 11.3 Å². The van der Waals surface area contributed by atoms with Gasteiger partial charge in [0.05, 0.1) is 6.20 Å². The molecule has 0 amide bonds. The highest BCUT2D eigenvalue weighted by Gasteiger charge is 2.09. The van der Waals surface area contributed by atoms with Gasteiger partial charge in [-0.25, -0.2) is 14.5 Å². The normalized spacial score (nSPS) is 11.0. The predicted octanol–water partition coefficient (Wildman–Crippen LogP) is 2.16. The fraction of sp³-hybridized carbons (Fsp3) is 0. The van der Waals surface area contributed by atoms with Gasteiger partial charge in [-0.2, -0.15) is 5.10 Å². The van der Waals surface area contributed by atoms with Crippen LogP contribution in [0.1, 0.15) is 0 Å². The summed E-state index contributed by atoms with van der Waals surface area (Å²) >= 11 is 0. The lowest BCUT2D eigenvalue weighted by Crippen LogP contribution is -2.01. The molecule has 1 aromatic carbocycles. The van der Waals surface area contributed by atoms with Gasteiger partial charge in [0.2, 0.25) is 0 Å². The Bertz CT molecular complexity index is 903. The molecule has 6 heteroatoms. The van der Waals surface area contributed by atoms with Gasteiger partial charge in [0.15, 0.2) is 5.65 Å². The summed E-state index contributed by atoms with van der Waals surface area (Å²) in [6.07, 6.45) is 7.25. The summed E-state index contributed by atoms with van der Waals surface area (Å²) in [6, 6.07) is 11.4. The van der Waals surface area contributed by atoms with Crippen LogP contribution in [0.5, 0.6) is 0 Å². The number of imidazole rings is 1. The van der Waals surface area contributed by atoms with E-state index in [2.05, 4.69) is 15.1 Å². The molecule has 3 aromatic heterocycles. The molecule has 21 heavy (non-hydrogen) atoms. The van der Waals surface area contributed by atoms with Crippen LogP contribution in [0.15, 0.2) is 61.2 Å². The van der Waals surface area contributed by atoms with Crippen molar-refractivity contribution in [2.75, 3.05) is 5.73 Å². The molecule has 102 valence electrons. The Morgan fingerprint density at radius 2 is 1.76 bits per heavy atom. The lowest BCUT2D eigenvalue weighted by Gasteiger charge is -2.07. The van der Waals surface area contributed by atoms with Gasteiger partial charge in [-0.15, -0.1) is 0 Å². The van der Waals surface area contributed by atoms with E-state index >= 15 is 0 Å². The molecule has 0 aliphatic heterocycles. The summed E-state index contributed by atoms with van der Waals surface area (Å²) in [5, 5.41) is 4.15. The molecule has 0 saturated carbocycles. The Kier molecular flexibility index (Phi) is 2.47. The fourth-order valence-electron chi connectivity index (χ4n) is 2.27. The van der Waals surface area contributed by atoms with Crippen LogP contribution in [0.25, 0.3) is 22.9 Å². The van der Waals surface area contributed by atoms with Crippen molar-refractivity contribution in [3.63, 3.8) is 0 Å². The first-order valence-corrected chi connectivity index (χ1v) is 6.51. The van der Waals surface area contributed by atoms with Crippen LogP contribution >= 0.6 is 0 Å². The van der Waals surface area contributed by atoms with Crippen molar-refractivity contribution in [1.29, 1.82) is 0 Å². The predicted molar refractivity (Wildman–Crippen MR) is 80.0 cm³/mol. The molecule has 3 heterocycles. The number of hydrogen-bond acceptors (Lipinski definition) is 4. The Labute approximate surface area is 120 Å². The standard InChI is InChI=1S/C15H12N6/c16-12-3-1-11(2-4-12)15-17-8-10-20(15)13-6-9-21-14(19-13)5-7-18-21/h1-10H,16H2. The zero-order valence-corrected chi connectivity index (χ0v) is 11.1. The number of benzene rings is 1. The number of fused-ring (bicyclic) bond motifs is 1. The molecular formula is C15H12N6. The van der Waals surface area contributed by atoms with E-state index in [-0.39, 0.29) is 0 Å². The number of rotatable bonds is 2. The molecule has 4 aromatic rings. The van der Waals surface area contributed by atoms with Crippen LogP contribution in [0.4, 0.5) is 5.69 Å². The Hall–Kier alpha value is -3.15. The molecule has 0 aliphatic rings. The number of aromatic nitrogens is 5. The maximum atomic E-state index is 5.73. The maximum absolute atomic E-state index is 5.73. The van der Waals surface area contributed by atoms with Gasteiger partial charge in [0.25, 0.3) is 0 Å². The van der Waals surface area contributed by atoms with Gasteiger partial charge >= 0.3 is 0 Å². The van der Waals surface area contributed by atoms with Crippen LogP contribution in [-0.2, 0) is 0 Å². The second-order valence-electron chi connectivity index (χ2n) is 4.66. The molecule has 2 N–H and O–H groups in total. The largest absolute Gasteiger partial charge is 0.399 e. The van der Waals surface area contributed by atoms with Crippen molar-refractivity contribution in [1.82, 2.24) is 24.1 Å². The Morgan fingerprint density at radius 1 is 0.905 bits per heavy atom. The SMILES string of the molecule is Nc1ccc(-c2nccn2-c2ccn3nccc3n2)cc1. The van der Waals surface area contributed by atoms with Crippen molar-refractivity contribution in [2.24, 2.45) is 0 Å². The summed E-state index contributed by atoms with van der Waals surface area (Å²) in [5.41, 5.74) is 8.25. The van der Waals surface area contributed by atoms with E-state index in [1.807, 2.05) is 53.4 Å². The van der Waals surface area contributed by atoms with Crippen LogP contribution in [0.2, 0.25) is 0 Å². The third kappa shape index (κ3) is 1.93. The summed E-state index contributed by atoms with van der Waals surface area (Å²) in [6.45, 7) is 0.